The Morgan fingerprint density at radius 2 is 1.78 bits per heavy atom. The summed E-state index contributed by atoms with van der Waals surface area (Å²) in [6.07, 6.45) is 2.97. The number of aromatic nitrogens is 2. The van der Waals surface area contributed by atoms with Gasteiger partial charge in [-0.3, -0.25) is 0 Å². The minimum absolute atomic E-state index is 0.334. The van der Waals surface area contributed by atoms with Crippen LogP contribution in [0.2, 0.25) is 0 Å². The lowest BCUT2D eigenvalue weighted by atomic mass is 10.1. The van der Waals surface area contributed by atoms with E-state index in [0.717, 1.165) is 31.3 Å². The van der Waals surface area contributed by atoms with Crippen LogP contribution in [0.1, 0.15) is 39.7 Å². The smallest absolute Gasteiger partial charge is 0.227 e. The van der Waals surface area contributed by atoms with Crippen molar-refractivity contribution >= 4 is 11.8 Å². The van der Waals surface area contributed by atoms with Crippen LogP contribution in [0.3, 0.4) is 0 Å². The maximum absolute atomic E-state index is 4.69. The molecule has 0 aliphatic rings. The molecule has 0 aliphatic carbocycles. The third kappa shape index (κ3) is 5.55. The second-order valence-electron chi connectivity index (χ2n) is 6.56. The van der Waals surface area contributed by atoms with Gasteiger partial charge in [0.25, 0.3) is 0 Å². The summed E-state index contributed by atoms with van der Waals surface area (Å²) < 4.78 is 0. The van der Waals surface area contributed by atoms with Crippen LogP contribution in [0.15, 0.2) is 42.6 Å². The molecular formula is C19H28N4. The second kappa shape index (κ2) is 8.51. The molecule has 0 fully saturated rings. The molecule has 4 heteroatoms. The quantitative estimate of drug-likeness (QED) is 0.787. The summed E-state index contributed by atoms with van der Waals surface area (Å²) in [5.41, 5.74) is 1.27. The van der Waals surface area contributed by atoms with Crippen molar-refractivity contribution in [2.75, 3.05) is 16.8 Å². The molecule has 0 saturated heterocycles. The van der Waals surface area contributed by atoms with Crippen LogP contribution >= 0.6 is 0 Å². The Bertz CT molecular complexity index is 581. The van der Waals surface area contributed by atoms with Gasteiger partial charge in [0.15, 0.2) is 0 Å². The zero-order valence-corrected chi connectivity index (χ0v) is 14.7. The number of hydrogen-bond donors (Lipinski definition) is 1. The van der Waals surface area contributed by atoms with Gasteiger partial charge in [0.2, 0.25) is 5.95 Å². The molecule has 0 bridgehead atoms. The maximum Gasteiger partial charge on any atom is 0.227 e. The van der Waals surface area contributed by atoms with Crippen LogP contribution in [0.5, 0.6) is 0 Å². The van der Waals surface area contributed by atoms with E-state index in [0.29, 0.717) is 12.0 Å². The summed E-state index contributed by atoms with van der Waals surface area (Å²) in [6.45, 7) is 10.6. The van der Waals surface area contributed by atoms with Crippen molar-refractivity contribution in [2.24, 2.45) is 5.92 Å². The van der Waals surface area contributed by atoms with Crippen LogP contribution < -0.4 is 10.2 Å². The Balaban J connectivity index is 2.09. The largest absolute Gasteiger partial charge is 0.370 e. The average Bonchev–Trinajstić information content (AvgIpc) is 2.53. The first-order valence-corrected chi connectivity index (χ1v) is 8.43. The highest BCUT2D eigenvalue weighted by atomic mass is 15.3. The third-order valence-electron chi connectivity index (χ3n) is 3.75. The predicted molar refractivity (Wildman–Crippen MR) is 97.7 cm³/mol. The normalized spacial score (nSPS) is 11.0. The molecule has 0 aliphatic heterocycles. The van der Waals surface area contributed by atoms with Crippen LogP contribution in [0.4, 0.5) is 11.8 Å². The number of nitrogens with zero attached hydrogens (tertiary/aromatic N) is 3. The summed E-state index contributed by atoms with van der Waals surface area (Å²) >= 11 is 0. The first-order valence-electron chi connectivity index (χ1n) is 8.43. The monoisotopic (exact) mass is 312 g/mol. The fourth-order valence-electron chi connectivity index (χ4n) is 2.34. The van der Waals surface area contributed by atoms with Gasteiger partial charge < -0.3 is 10.2 Å². The standard InChI is InChI=1S/C19H28N4/c1-15(2)10-12-20-18-11-13-21-19(22-18)23(16(3)4)14-17-8-6-5-7-9-17/h5-9,11,13,15-16H,10,12,14H2,1-4H3,(H,20,21,22). The number of hydrogen-bond acceptors (Lipinski definition) is 4. The highest BCUT2D eigenvalue weighted by Crippen LogP contribution is 2.17. The van der Waals surface area contributed by atoms with Crippen molar-refractivity contribution in [2.45, 2.75) is 46.7 Å². The van der Waals surface area contributed by atoms with E-state index in [1.165, 1.54) is 5.56 Å². The molecule has 4 nitrogen and oxygen atoms in total. The Hall–Kier alpha value is -2.10. The van der Waals surface area contributed by atoms with E-state index < -0.39 is 0 Å². The molecule has 0 radical (unpaired) electrons. The van der Waals surface area contributed by atoms with Gasteiger partial charge in [-0.2, -0.15) is 4.98 Å². The Morgan fingerprint density at radius 3 is 2.43 bits per heavy atom. The van der Waals surface area contributed by atoms with Gasteiger partial charge in [-0.1, -0.05) is 44.2 Å². The van der Waals surface area contributed by atoms with Crippen LogP contribution in [-0.4, -0.2) is 22.6 Å². The van der Waals surface area contributed by atoms with Gasteiger partial charge in [0.05, 0.1) is 0 Å². The second-order valence-corrected chi connectivity index (χ2v) is 6.56. The molecule has 1 N–H and O–H groups in total. The molecule has 0 spiro atoms. The van der Waals surface area contributed by atoms with E-state index in [4.69, 9.17) is 4.98 Å². The number of anilines is 2. The summed E-state index contributed by atoms with van der Waals surface area (Å²) in [7, 11) is 0. The predicted octanol–water partition coefficient (Wildman–Crippen LogP) is 4.35. The zero-order chi connectivity index (χ0) is 16.7. The highest BCUT2D eigenvalue weighted by molar-refractivity contribution is 5.42. The van der Waals surface area contributed by atoms with Crippen LogP contribution in [-0.2, 0) is 6.54 Å². The van der Waals surface area contributed by atoms with Crippen molar-refractivity contribution in [1.82, 2.24) is 9.97 Å². The molecule has 0 amide bonds. The highest BCUT2D eigenvalue weighted by Gasteiger charge is 2.14. The lowest BCUT2D eigenvalue weighted by molar-refractivity contribution is 0.606. The number of rotatable bonds is 8. The Kier molecular flexibility index (Phi) is 6.39. The molecule has 1 heterocycles. The van der Waals surface area contributed by atoms with Crippen molar-refractivity contribution in [3.8, 4) is 0 Å². The summed E-state index contributed by atoms with van der Waals surface area (Å²) in [5, 5.41) is 3.40. The van der Waals surface area contributed by atoms with E-state index in [-0.39, 0.29) is 0 Å². The first-order chi connectivity index (χ1) is 11.1. The van der Waals surface area contributed by atoms with Gasteiger partial charge in [-0.05, 0) is 37.8 Å². The minimum atomic E-state index is 0.334. The summed E-state index contributed by atoms with van der Waals surface area (Å²) in [5.74, 6) is 2.36. The third-order valence-corrected chi connectivity index (χ3v) is 3.75. The average molecular weight is 312 g/mol. The Morgan fingerprint density at radius 1 is 1.04 bits per heavy atom. The minimum Gasteiger partial charge on any atom is -0.370 e. The van der Waals surface area contributed by atoms with E-state index >= 15 is 0 Å². The van der Waals surface area contributed by atoms with Gasteiger partial charge in [0.1, 0.15) is 5.82 Å². The fraction of sp³-hybridized carbons (Fsp3) is 0.474. The van der Waals surface area contributed by atoms with Crippen molar-refractivity contribution in [3.63, 3.8) is 0 Å². The fourth-order valence-corrected chi connectivity index (χ4v) is 2.34. The van der Waals surface area contributed by atoms with E-state index in [2.05, 4.69) is 67.2 Å². The summed E-state index contributed by atoms with van der Waals surface area (Å²) in [6, 6.07) is 12.7. The molecule has 2 aromatic rings. The molecule has 23 heavy (non-hydrogen) atoms. The molecule has 0 saturated carbocycles. The van der Waals surface area contributed by atoms with Gasteiger partial charge in [-0.25, -0.2) is 4.98 Å². The maximum atomic E-state index is 4.69. The molecule has 1 aromatic heterocycles. The van der Waals surface area contributed by atoms with Gasteiger partial charge in [0, 0.05) is 25.3 Å². The number of benzene rings is 1. The van der Waals surface area contributed by atoms with Gasteiger partial charge in [-0.15, -0.1) is 0 Å². The number of nitrogens with one attached hydrogen (secondary N) is 1. The van der Waals surface area contributed by atoms with E-state index in [1.54, 1.807) is 0 Å². The SMILES string of the molecule is CC(C)CCNc1ccnc(N(Cc2ccccc2)C(C)C)n1. The van der Waals surface area contributed by atoms with Gasteiger partial charge >= 0.3 is 0 Å². The lowest BCUT2D eigenvalue weighted by Gasteiger charge is -2.27. The Labute approximate surface area is 140 Å². The molecular weight excluding hydrogens is 284 g/mol. The molecule has 0 atom stereocenters. The lowest BCUT2D eigenvalue weighted by Crippen LogP contribution is -2.31. The molecule has 0 unspecified atom stereocenters. The molecule has 124 valence electrons. The topological polar surface area (TPSA) is 41.1 Å². The van der Waals surface area contributed by atoms with Crippen molar-refractivity contribution in [3.05, 3.63) is 48.2 Å². The van der Waals surface area contributed by atoms with E-state index in [1.807, 2.05) is 18.3 Å². The zero-order valence-electron chi connectivity index (χ0n) is 14.7. The van der Waals surface area contributed by atoms with Crippen molar-refractivity contribution < 1.29 is 0 Å². The summed E-state index contributed by atoms with van der Waals surface area (Å²) in [4.78, 5) is 11.4. The van der Waals surface area contributed by atoms with Crippen LogP contribution in [0, 0.1) is 5.92 Å². The first kappa shape index (κ1) is 17.3. The molecule has 2 rings (SSSR count). The van der Waals surface area contributed by atoms with Crippen LogP contribution in [0.25, 0.3) is 0 Å². The van der Waals surface area contributed by atoms with Crippen molar-refractivity contribution in [1.29, 1.82) is 0 Å². The van der Waals surface area contributed by atoms with E-state index in [9.17, 15) is 0 Å². The molecule has 1 aromatic carbocycles.